The molecule has 0 heterocycles. The number of rotatable bonds is 6. The summed E-state index contributed by atoms with van der Waals surface area (Å²) in [5.74, 6) is 0. The maximum Gasteiger partial charge on any atom is 0.302 e. The van der Waals surface area contributed by atoms with Crippen LogP contribution in [0.1, 0.15) is 37.8 Å². The number of aryl methyl sites for hydroxylation is 1. The number of nitrogens with one attached hydrogen (secondary N) is 2. The van der Waals surface area contributed by atoms with Crippen LogP contribution in [0.3, 0.4) is 0 Å². The Bertz CT molecular complexity index is 496. The molecule has 0 bridgehead atoms. The van der Waals surface area contributed by atoms with Gasteiger partial charge >= 0.3 is 5.69 Å². The van der Waals surface area contributed by atoms with E-state index >= 15 is 0 Å². The van der Waals surface area contributed by atoms with Gasteiger partial charge < -0.3 is 5.32 Å². The lowest BCUT2D eigenvalue weighted by atomic mass is 10.0. The summed E-state index contributed by atoms with van der Waals surface area (Å²) in [5, 5.41) is 16.2. The highest BCUT2D eigenvalue weighted by atomic mass is 16.6. The van der Waals surface area contributed by atoms with Gasteiger partial charge in [-0.05, 0) is 32.3 Å². The van der Waals surface area contributed by atoms with Crippen LogP contribution in [0.5, 0.6) is 0 Å². The molecular formula is C13H20N3O3+. The third-order valence-corrected chi connectivity index (χ3v) is 3.44. The van der Waals surface area contributed by atoms with E-state index in [4.69, 9.17) is 0 Å². The van der Waals surface area contributed by atoms with E-state index in [0.717, 1.165) is 18.4 Å². The van der Waals surface area contributed by atoms with Crippen LogP contribution in [0, 0.1) is 28.9 Å². The second kappa shape index (κ2) is 6.26. The molecule has 0 saturated carbocycles. The Morgan fingerprint density at radius 1 is 1.37 bits per heavy atom. The van der Waals surface area contributed by atoms with Crippen molar-refractivity contribution < 1.29 is 10.1 Å². The summed E-state index contributed by atoms with van der Waals surface area (Å²) in [4.78, 5) is 21.9. The molecule has 0 radical (unpaired) electrons. The molecule has 0 fully saturated rings. The standard InChI is InChI=1S/C13H19N3O3/c1-5-10(6-2)14-12-11(15-17)7-8(3)9(4)13(12)16(18)19/h7,10,14H,5-6H2,1-4H3/p+1. The predicted molar refractivity (Wildman–Crippen MR) is 74.6 cm³/mol. The van der Waals surface area contributed by atoms with Crippen molar-refractivity contribution in [2.45, 2.75) is 46.6 Å². The van der Waals surface area contributed by atoms with Crippen LogP contribution in [-0.4, -0.2) is 11.0 Å². The van der Waals surface area contributed by atoms with Crippen LogP contribution < -0.4 is 10.5 Å². The lowest BCUT2D eigenvalue weighted by molar-refractivity contribution is -0.390. The molecule has 0 amide bonds. The molecule has 2 N–H and O–H groups in total. The van der Waals surface area contributed by atoms with Crippen molar-refractivity contribution in [2.75, 3.05) is 5.32 Å². The van der Waals surface area contributed by atoms with Crippen LogP contribution in [0.25, 0.3) is 0 Å². The summed E-state index contributed by atoms with van der Waals surface area (Å²) in [6.45, 7) is 7.45. The number of nitro benzene ring substituents is 1. The van der Waals surface area contributed by atoms with E-state index in [9.17, 15) is 15.0 Å². The summed E-state index contributed by atoms with van der Waals surface area (Å²) in [6, 6.07) is 1.74. The Morgan fingerprint density at radius 3 is 2.37 bits per heavy atom. The second-order valence-electron chi connectivity index (χ2n) is 4.61. The number of nitroso groups, excluding NO2 is 1. The monoisotopic (exact) mass is 266 g/mol. The molecular weight excluding hydrogens is 246 g/mol. The maximum absolute atomic E-state index is 11.3. The first-order valence-electron chi connectivity index (χ1n) is 6.39. The Hall–Kier alpha value is -1.98. The Kier molecular flexibility index (Phi) is 4.97. The Balaban J connectivity index is 3.44. The minimum Gasteiger partial charge on any atom is -0.371 e. The minimum absolute atomic E-state index is 0.0229. The lowest BCUT2D eigenvalue weighted by Gasteiger charge is -2.16. The summed E-state index contributed by atoms with van der Waals surface area (Å²) in [7, 11) is 0. The van der Waals surface area contributed by atoms with E-state index in [1.807, 2.05) is 13.8 Å². The highest BCUT2D eigenvalue weighted by Crippen LogP contribution is 2.36. The van der Waals surface area contributed by atoms with Crippen molar-refractivity contribution in [3.63, 3.8) is 0 Å². The first kappa shape index (κ1) is 15.1. The fourth-order valence-electron chi connectivity index (χ4n) is 2.05. The molecule has 1 aromatic rings. The normalized spacial score (nSPS) is 10.6. The molecule has 0 aromatic heterocycles. The van der Waals surface area contributed by atoms with Crippen LogP contribution in [0.4, 0.5) is 17.1 Å². The summed E-state index contributed by atoms with van der Waals surface area (Å²) in [6.07, 6.45) is 1.66. The summed E-state index contributed by atoms with van der Waals surface area (Å²) in [5.41, 5.74) is 1.79. The van der Waals surface area contributed by atoms with Gasteiger partial charge in [-0.3, -0.25) is 10.1 Å². The molecule has 1 aromatic carbocycles. The highest BCUT2D eigenvalue weighted by molar-refractivity contribution is 5.77. The summed E-state index contributed by atoms with van der Waals surface area (Å²) < 4.78 is 0. The molecule has 0 saturated heterocycles. The smallest absolute Gasteiger partial charge is 0.302 e. The van der Waals surface area contributed by atoms with Gasteiger partial charge in [-0.2, -0.15) is 0 Å². The molecule has 1 rings (SSSR count). The van der Waals surface area contributed by atoms with Crippen molar-refractivity contribution in [2.24, 2.45) is 0 Å². The first-order chi connectivity index (χ1) is 8.96. The summed E-state index contributed by atoms with van der Waals surface area (Å²) >= 11 is 0. The molecule has 0 unspecified atom stereocenters. The van der Waals surface area contributed by atoms with Gasteiger partial charge in [0.1, 0.15) is 0 Å². The first-order valence-corrected chi connectivity index (χ1v) is 6.39. The average Bonchev–Trinajstić information content (AvgIpc) is 2.38. The molecule has 0 aliphatic carbocycles. The van der Waals surface area contributed by atoms with E-state index in [2.05, 4.69) is 5.32 Å². The van der Waals surface area contributed by atoms with Gasteiger partial charge in [-0.1, -0.05) is 13.8 Å². The zero-order valence-corrected chi connectivity index (χ0v) is 11.7. The van der Waals surface area contributed by atoms with Gasteiger partial charge in [0, 0.05) is 27.8 Å². The molecule has 19 heavy (non-hydrogen) atoms. The molecule has 6 nitrogen and oxygen atoms in total. The number of benzene rings is 1. The fraction of sp³-hybridized carbons (Fsp3) is 0.538. The van der Waals surface area contributed by atoms with Crippen molar-refractivity contribution in [3.05, 3.63) is 32.2 Å². The minimum atomic E-state index is -0.437. The van der Waals surface area contributed by atoms with Gasteiger partial charge in [0.15, 0.2) is 5.69 Å². The van der Waals surface area contributed by atoms with E-state index < -0.39 is 4.92 Å². The molecule has 104 valence electrons. The predicted octanol–water partition coefficient (Wildman–Crippen LogP) is 2.29. The van der Waals surface area contributed by atoms with E-state index in [-0.39, 0.29) is 23.1 Å². The van der Waals surface area contributed by atoms with Gasteiger partial charge in [0.2, 0.25) is 0 Å². The number of hydrogen-bond donors (Lipinski definition) is 2. The second-order valence-corrected chi connectivity index (χ2v) is 4.61. The van der Waals surface area contributed by atoms with Crippen LogP contribution in [0.2, 0.25) is 0 Å². The van der Waals surface area contributed by atoms with E-state index in [0.29, 0.717) is 5.56 Å². The number of nitro groups is 1. The van der Waals surface area contributed by atoms with Gasteiger partial charge in [0.05, 0.1) is 4.92 Å². The third kappa shape index (κ3) is 3.07. The third-order valence-electron chi connectivity index (χ3n) is 3.44. The lowest BCUT2D eigenvalue weighted by Crippen LogP contribution is -2.56. The van der Waals surface area contributed by atoms with Crippen LogP contribution >= 0.6 is 0 Å². The molecule has 0 aliphatic rings. The van der Waals surface area contributed by atoms with Gasteiger partial charge in [-0.25, -0.2) is 0 Å². The quantitative estimate of drug-likeness (QED) is 0.611. The van der Waals surface area contributed by atoms with Crippen molar-refractivity contribution in [1.82, 2.24) is 0 Å². The largest absolute Gasteiger partial charge is 0.371 e. The Morgan fingerprint density at radius 2 is 1.95 bits per heavy atom. The number of nitrogens with zero attached hydrogens (tertiary/aromatic N) is 1. The van der Waals surface area contributed by atoms with Crippen LogP contribution in [0.15, 0.2) is 6.07 Å². The maximum atomic E-state index is 11.3. The SMILES string of the molecule is CCC(CC)Nc1c([NH+]=O)cc(C)c(C)c1[N+](=O)[O-]. The van der Waals surface area contributed by atoms with Gasteiger partial charge in [-0.15, -0.1) is 0 Å². The van der Waals surface area contributed by atoms with Crippen molar-refractivity contribution >= 4 is 17.1 Å². The molecule has 6 heteroatoms. The van der Waals surface area contributed by atoms with Crippen LogP contribution in [-0.2, 0) is 0 Å². The average molecular weight is 266 g/mol. The van der Waals surface area contributed by atoms with E-state index in [1.54, 1.807) is 25.1 Å². The number of hydrogen-bond acceptors (Lipinski definition) is 4. The zero-order valence-electron chi connectivity index (χ0n) is 11.7. The zero-order chi connectivity index (χ0) is 14.6. The Labute approximate surface area is 112 Å². The molecule has 0 atom stereocenters. The molecule has 0 aliphatic heterocycles. The van der Waals surface area contributed by atoms with Crippen molar-refractivity contribution in [1.29, 1.82) is 0 Å². The van der Waals surface area contributed by atoms with Crippen molar-refractivity contribution in [3.8, 4) is 0 Å². The van der Waals surface area contributed by atoms with Gasteiger partial charge in [0.25, 0.3) is 5.69 Å². The highest BCUT2D eigenvalue weighted by Gasteiger charge is 2.28. The molecule has 0 spiro atoms. The van der Waals surface area contributed by atoms with E-state index in [1.165, 1.54) is 0 Å². The number of anilines is 1. The fourth-order valence-corrected chi connectivity index (χ4v) is 2.05. The topological polar surface area (TPSA) is 86.2 Å².